The van der Waals surface area contributed by atoms with Crippen molar-refractivity contribution in [1.82, 2.24) is 14.6 Å². The van der Waals surface area contributed by atoms with Gasteiger partial charge in [0.05, 0.1) is 17.0 Å². The summed E-state index contributed by atoms with van der Waals surface area (Å²) in [6.07, 6.45) is 6.34. The Labute approximate surface area is 168 Å². The summed E-state index contributed by atoms with van der Waals surface area (Å²) in [6, 6.07) is 4.10. The fourth-order valence-electron chi connectivity index (χ4n) is 5.34. The van der Waals surface area contributed by atoms with Crippen molar-refractivity contribution in [2.45, 2.75) is 64.3 Å². The number of fused-ring (bicyclic) bond motifs is 2. The number of carbonyl (C=O) groups is 1. The molecule has 2 heterocycles. The lowest BCUT2D eigenvalue weighted by Gasteiger charge is -2.31. The lowest BCUT2D eigenvalue weighted by atomic mass is 9.90. The molecule has 3 unspecified atom stereocenters. The Hall–Kier alpha value is -1.47. The van der Waals surface area contributed by atoms with E-state index in [-0.39, 0.29) is 17.6 Å². The Morgan fingerprint density at radius 3 is 2.54 bits per heavy atom. The number of nitrogens with one attached hydrogen (secondary N) is 1. The van der Waals surface area contributed by atoms with Crippen molar-refractivity contribution < 1.29 is 13.2 Å². The van der Waals surface area contributed by atoms with Gasteiger partial charge in [0, 0.05) is 30.7 Å². The Balaban J connectivity index is 1.49. The van der Waals surface area contributed by atoms with E-state index in [4.69, 9.17) is 4.98 Å². The number of sulfonamides is 1. The Kier molecular flexibility index (Phi) is 5.49. The molecule has 7 heteroatoms. The molecule has 2 bridgehead atoms. The number of aryl methyl sites for hydroxylation is 1. The molecule has 154 valence electrons. The zero-order valence-electron chi connectivity index (χ0n) is 16.9. The highest BCUT2D eigenvalue weighted by atomic mass is 32.2. The summed E-state index contributed by atoms with van der Waals surface area (Å²) in [5.41, 5.74) is 2.41. The van der Waals surface area contributed by atoms with Crippen LogP contribution in [0.15, 0.2) is 12.1 Å². The lowest BCUT2D eigenvalue weighted by molar-refractivity contribution is 0.0920. The van der Waals surface area contributed by atoms with Gasteiger partial charge in [0.15, 0.2) is 0 Å². The molecule has 2 saturated carbocycles. The summed E-state index contributed by atoms with van der Waals surface area (Å²) in [5, 5.41) is 3.28. The van der Waals surface area contributed by atoms with Crippen molar-refractivity contribution in [2.24, 2.45) is 11.8 Å². The van der Waals surface area contributed by atoms with Crippen molar-refractivity contribution in [3.63, 3.8) is 0 Å². The van der Waals surface area contributed by atoms with Crippen LogP contribution in [0.3, 0.4) is 0 Å². The van der Waals surface area contributed by atoms with Crippen LogP contribution < -0.4 is 5.32 Å². The van der Waals surface area contributed by atoms with Gasteiger partial charge < -0.3 is 5.32 Å². The largest absolute Gasteiger partial charge is 0.349 e. The van der Waals surface area contributed by atoms with Gasteiger partial charge in [-0.3, -0.25) is 9.78 Å². The maximum Gasteiger partial charge on any atom is 0.253 e. The van der Waals surface area contributed by atoms with Crippen molar-refractivity contribution in [3.8, 4) is 0 Å². The zero-order valence-corrected chi connectivity index (χ0v) is 17.7. The highest BCUT2D eigenvalue weighted by Gasteiger charge is 2.40. The van der Waals surface area contributed by atoms with E-state index in [0.717, 1.165) is 23.7 Å². The van der Waals surface area contributed by atoms with E-state index in [9.17, 15) is 13.2 Å². The molecule has 4 rings (SSSR count). The molecular weight excluding hydrogens is 374 g/mol. The molecule has 1 amide bonds. The summed E-state index contributed by atoms with van der Waals surface area (Å²) < 4.78 is 25.8. The molecule has 3 fully saturated rings. The van der Waals surface area contributed by atoms with Crippen LogP contribution in [-0.4, -0.2) is 48.5 Å². The quantitative estimate of drug-likeness (QED) is 0.817. The highest BCUT2D eigenvalue weighted by molar-refractivity contribution is 7.89. The average Bonchev–Trinajstić information content (AvgIpc) is 3.31. The van der Waals surface area contributed by atoms with Gasteiger partial charge in [0.2, 0.25) is 10.0 Å². The van der Waals surface area contributed by atoms with Crippen LogP contribution in [0.2, 0.25) is 0 Å². The number of amides is 1. The minimum Gasteiger partial charge on any atom is -0.349 e. The number of aromatic nitrogens is 1. The van der Waals surface area contributed by atoms with Gasteiger partial charge in [0.1, 0.15) is 0 Å². The monoisotopic (exact) mass is 405 g/mol. The van der Waals surface area contributed by atoms with Crippen LogP contribution in [0.25, 0.3) is 0 Å². The maximum atomic E-state index is 13.1. The van der Waals surface area contributed by atoms with E-state index in [1.54, 1.807) is 11.2 Å². The molecule has 6 nitrogen and oxygen atoms in total. The van der Waals surface area contributed by atoms with E-state index < -0.39 is 10.0 Å². The summed E-state index contributed by atoms with van der Waals surface area (Å²) >= 11 is 0. The topological polar surface area (TPSA) is 79.4 Å². The predicted octanol–water partition coefficient (Wildman–Crippen LogP) is 2.84. The van der Waals surface area contributed by atoms with Gasteiger partial charge >= 0.3 is 0 Å². The van der Waals surface area contributed by atoms with Gasteiger partial charge in [-0.15, -0.1) is 0 Å². The second-order valence-corrected chi connectivity index (χ2v) is 11.0. The van der Waals surface area contributed by atoms with E-state index >= 15 is 0 Å². The normalized spacial score (nSPS) is 28.6. The van der Waals surface area contributed by atoms with Crippen molar-refractivity contribution in [1.29, 1.82) is 0 Å². The summed E-state index contributed by atoms with van der Waals surface area (Å²) in [6.45, 7) is 4.63. The van der Waals surface area contributed by atoms with E-state index in [2.05, 4.69) is 5.32 Å². The van der Waals surface area contributed by atoms with E-state index in [1.807, 2.05) is 19.1 Å². The minimum atomic E-state index is -3.15. The smallest absolute Gasteiger partial charge is 0.253 e. The molecule has 1 aromatic rings. The number of carbonyl (C=O) groups excluding carboxylic acids is 1. The second-order valence-electron chi connectivity index (χ2n) is 8.71. The van der Waals surface area contributed by atoms with Crippen molar-refractivity contribution in [2.75, 3.05) is 18.8 Å². The molecule has 0 spiro atoms. The van der Waals surface area contributed by atoms with E-state index in [1.165, 1.54) is 19.3 Å². The third-order valence-electron chi connectivity index (χ3n) is 6.96. The number of pyridine rings is 1. The number of hydrogen-bond acceptors (Lipinski definition) is 4. The standard InChI is InChI=1S/C21H31N3O3S/c1-3-28(26,27)24-10-8-16(9-11-24)20-18(7-4-14(2)22-20)21(25)23-19-13-15-5-6-17(19)12-15/h4,7,15-17,19H,3,5-6,8-13H2,1-2H3,(H,23,25). The maximum absolute atomic E-state index is 13.1. The van der Waals surface area contributed by atoms with Crippen LogP contribution in [-0.2, 0) is 10.0 Å². The number of nitrogens with zero attached hydrogens (tertiary/aromatic N) is 2. The molecule has 1 saturated heterocycles. The highest BCUT2D eigenvalue weighted by Crippen LogP contribution is 2.44. The van der Waals surface area contributed by atoms with Crippen LogP contribution in [0.4, 0.5) is 0 Å². The average molecular weight is 406 g/mol. The third-order valence-corrected chi connectivity index (χ3v) is 8.84. The Morgan fingerprint density at radius 2 is 1.93 bits per heavy atom. The molecule has 1 N–H and O–H groups in total. The number of piperidine rings is 1. The van der Waals surface area contributed by atoms with Crippen LogP contribution in [0, 0.1) is 18.8 Å². The SMILES string of the molecule is CCS(=O)(=O)N1CCC(c2nc(C)ccc2C(=O)NC2CC3CCC2C3)CC1. The van der Waals surface area contributed by atoms with Gasteiger partial charge in [-0.2, -0.15) is 0 Å². The first-order valence-corrected chi connectivity index (χ1v) is 12.2. The third kappa shape index (κ3) is 3.83. The van der Waals surface area contributed by atoms with Gasteiger partial charge in [-0.25, -0.2) is 12.7 Å². The molecular formula is C21H31N3O3S. The molecule has 2 aliphatic carbocycles. The fraction of sp³-hybridized carbons (Fsp3) is 0.714. The minimum absolute atomic E-state index is 0.0105. The summed E-state index contributed by atoms with van der Waals surface area (Å²) in [5.74, 6) is 1.68. The molecule has 0 radical (unpaired) electrons. The lowest BCUT2D eigenvalue weighted by Crippen LogP contribution is -2.40. The van der Waals surface area contributed by atoms with Crippen molar-refractivity contribution >= 4 is 15.9 Å². The van der Waals surface area contributed by atoms with Gasteiger partial charge in [0.25, 0.3) is 5.91 Å². The Bertz CT molecular complexity index is 846. The van der Waals surface area contributed by atoms with Gasteiger partial charge in [-0.05, 0) is 69.9 Å². The van der Waals surface area contributed by atoms with Crippen LogP contribution in [0.5, 0.6) is 0 Å². The summed E-state index contributed by atoms with van der Waals surface area (Å²) in [7, 11) is -3.15. The first-order chi connectivity index (χ1) is 13.4. The molecule has 3 aliphatic rings. The number of rotatable bonds is 5. The van der Waals surface area contributed by atoms with Crippen molar-refractivity contribution in [3.05, 3.63) is 29.1 Å². The molecule has 1 aliphatic heterocycles. The second kappa shape index (κ2) is 7.75. The molecule has 28 heavy (non-hydrogen) atoms. The molecule has 3 atom stereocenters. The first kappa shape index (κ1) is 19.8. The first-order valence-electron chi connectivity index (χ1n) is 10.6. The van der Waals surface area contributed by atoms with Gasteiger partial charge in [-0.1, -0.05) is 6.42 Å². The zero-order chi connectivity index (χ0) is 19.9. The number of hydrogen-bond donors (Lipinski definition) is 1. The van der Waals surface area contributed by atoms with Crippen LogP contribution in [0.1, 0.15) is 73.1 Å². The van der Waals surface area contributed by atoms with Crippen LogP contribution >= 0.6 is 0 Å². The summed E-state index contributed by atoms with van der Waals surface area (Å²) in [4.78, 5) is 17.8. The molecule has 1 aromatic heterocycles. The molecule has 0 aromatic carbocycles. The Morgan fingerprint density at radius 1 is 1.18 bits per heavy atom. The fourth-order valence-corrected chi connectivity index (χ4v) is 6.47. The van der Waals surface area contributed by atoms with E-state index in [0.29, 0.717) is 43.5 Å². The predicted molar refractivity (Wildman–Crippen MR) is 109 cm³/mol.